The molecule has 2 rings (SSSR count). The molecule has 0 radical (unpaired) electrons. The molecule has 0 bridgehead atoms. The maximum absolute atomic E-state index is 13.7. The lowest BCUT2D eigenvalue weighted by atomic mass is 10.1. The van der Waals surface area contributed by atoms with Crippen LogP contribution in [0.1, 0.15) is 25.8 Å². The molecule has 0 aromatic heterocycles. The lowest BCUT2D eigenvalue weighted by Crippen LogP contribution is -2.54. The second-order valence-electron chi connectivity index (χ2n) is 5.60. The van der Waals surface area contributed by atoms with Crippen LogP contribution in [-0.4, -0.2) is 48.3 Å². The molecular formula is C16H22FN3O. The minimum atomic E-state index is -0.463. The van der Waals surface area contributed by atoms with Crippen molar-refractivity contribution in [2.24, 2.45) is 0 Å². The van der Waals surface area contributed by atoms with Crippen LogP contribution in [0.25, 0.3) is 0 Å². The number of aliphatic hydroxyl groups is 1. The van der Waals surface area contributed by atoms with Gasteiger partial charge in [-0.15, -0.1) is 0 Å². The van der Waals surface area contributed by atoms with E-state index in [1.54, 1.807) is 19.1 Å². The van der Waals surface area contributed by atoms with Gasteiger partial charge in [-0.3, -0.25) is 4.90 Å². The van der Waals surface area contributed by atoms with Crippen LogP contribution in [0.4, 0.5) is 10.1 Å². The van der Waals surface area contributed by atoms with Crippen molar-refractivity contribution in [2.45, 2.75) is 32.4 Å². The van der Waals surface area contributed by atoms with Crippen molar-refractivity contribution >= 4 is 5.69 Å². The molecule has 4 nitrogen and oxygen atoms in total. The van der Waals surface area contributed by atoms with E-state index in [0.717, 1.165) is 26.1 Å². The Morgan fingerprint density at radius 3 is 2.86 bits per heavy atom. The summed E-state index contributed by atoms with van der Waals surface area (Å²) in [4.78, 5) is 4.35. The number of anilines is 1. The van der Waals surface area contributed by atoms with Crippen molar-refractivity contribution in [2.75, 3.05) is 31.1 Å². The third kappa shape index (κ3) is 3.52. The zero-order valence-electron chi connectivity index (χ0n) is 12.6. The molecule has 5 heteroatoms. The van der Waals surface area contributed by atoms with Crippen LogP contribution in [0.2, 0.25) is 0 Å². The number of hydrogen-bond donors (Lipinski definition) is 1. The first-order valence-corrected chi connectivity index (χ1v) is 7.42. The molecule has 21 heavy (non-hydrogen) atoms. The van der Waals surface area contributed by atoms with E-state index in [-0.39, 0.29) is 11.7 Å². The summed E-state index contributed by atoms with van der Waals surface area (Å²) in [7, 11) is 0. The SMILES string of the molecule is CC[C@H]1CN(c2cccc(F)c2C#N)CCN1C[C@@H](C)O. The Morgan fingerprint density at radius 2 is 2.24 bits per heavy atom. The van der Waals surface area contributed by atoms with Crippen molar-refractivity contribution in [3.8, 4) is 6.07 Å². The Kier molecular flexibility index (Phi) is 5.16. The highest BCUT2D eigenvalue weighted by Gasteiger charge is 2.28. The normalized spacial score (nSPS) is 21.1. The summed E-state index contributed by atoms with van der Waals surface area (Å²) >= 11 is 0. The van der Waals surface area contributed by atoms with Crippen LogP contribution < -0.4 is 4.90 Å². The fraction of sp³-hybridized carbons (Fsp3) is 0.562. The van der Waals surface area contributed by atoms with Gasteiger partial charge in [-0.25, -0.2) is 4.39 Å². The van der Waals surface area contributed by atoms with Crippen LogP contribution in [0.15, 0.2) is 18.2 Å². The molecule has 2 atom stereocenters. The van der Waals surface area contributed by atoms with Gasteiger partial charge in [0.25, 0.3) is 0 Å². The second-order valence-corrected chi connectivity index (χ2v) is 5.60. The zero-order chi connectivity index (χ0) is 15.4. The topological polar surface area (TPSA) is 50.5 Å². The van der Waals surface area contributed by atoms with E-state index in [9.17, 15) is 9.50 Å². The molecule has 0 spiro atoms. The number of halogens is 1. The highest BCUT2D eigenvalue weighted by molar-refractivity contribution is 5.60. The van der Waals surface area contributed by atoms with Crippen molar-refractivity contribution in [3.05, 3.63) is 29.6 Å². The van der Waals surface area contributed by atoms with E-state index in [0.29, 0.717) is 18.3 Å². The van der Waals surface area contributed by atoms with Gasteiger partial charge >= 0.3 is 0 Å². The Hall–Kier alpha value is -1.64. The highest BCUT2D eigenvalue weighted by atomic mass is 19.1. The van der Waals surface area contributed by atoms with Crippen LogP contribution >= 0.6 is 0 Å². The molecule has 0 aliphatic carbocycles. The van der Waals surface area contributed by atoms with Gasteiger partial charge in [0.05, 0.1) is 11.8 Å². The molecule has 1 aliphatic heterocycles. The van der Waals surface area contributed by atoms with Gasteiger partial charge < -0.3 is 10.0 Å². The van der Waals surface area contributed by atoms with Crippen LogP contribution in [0.3, 0.4) is 0 Å². The molecule has 0 amide bonds. The first kappa shape index (κ1) is 15.7. The third-order valence-electron chi connectivity index (χ3n) is 4.02. The predicted octanol–water partition coefficient (Wildman–Crippen LogP) is 1.98. The van der Waals surface area contributed by atoms with E-state index < -0.39 is 5.82 Å². The Balaban J connectivity index is 2.18. The van der Waals surface area contributed by atoms with Crippen LogP contribution in [0, 0.1) is 17.1 Å². The molecule has 0 unspecified atom stereocenters. The molecule has 114 valence electrons. The highest BCUT2D eigenvalue weighted by Crippen LogP contribution is 2.26. The number of nitriles is 1. The van der Waals surface area contributed by atoms with Gasteiger partial charge in [0.15, 0.2) is 0 Å². The number of β-amino-alcohol motifs (C(OH)–C–C–N with tert-alkyl or cyclic N) is 1. The zero-order valence-corrected chi connectivity index (χ0v) is 12.6. The van der Waals surface area contributed by atoms with Crippen molar-refractivity contribution in [3.63, 3.8) is 0 Å². The van der Waals surface area contributed by atoms with Gasteiger partial charge in [-0.1, -0.05) is 13.0 Å². The summed E-state index contributed by atoms with van der Waals surface area (Å²) in [6.07, 6.45) is 0.606. The minimum Gasteiger partial charge on any atom is -0.392 e. The van der Waals surface area contributed by atoms with E-state index in [2.05, 4.69) is 16.7 Å². The van der Waals surface area contributed by atoms with Crippen molar-refractivity contribution in [1.29, 1.82) is 5.26 Å². The van der Waals surface area contributed by atoms with E-state index >= 15 is 0 Å². The molecule has 1 aliphatic rings. The fourth-order valence-corrected chi connectivity index (χ4v) is 2.97. The number of nitrogens with zero attached hydrogens (tertiary/aromatic N) is 3. The molecule has 1 heterocycles. The van der Waals surface area contributed by atoms with Gasteiger partial charge in [0.1, 0.15) is 17.4 Å². The van der Waals surface area contributed by atoms with E-state index in [4.69, 9.17) is 5.26 Å². The summed E-state index contributed by atoms with van der Waals surface area (Å²) in [6.45, 7) is 6.85. The molecule has 1 saturated heterocycles. The third-order valence-corrected chi connectivity index (χ3v) is 4.02. The average Bonchev–Trinajstić information content (AvgIpc) is 2.47. The smallest absolute Gasteiger partial charge is 0.143 e. The average molecular weight is 291 g/mol. The van der Waals surface area contributed by atoms with Gasteiger partial charge in [0.2, 0.25) is 0 Å². The lowest BCUT2D eigenvalue weighted by molar-refractivity contribution is 0.0885. The summed E-state index contributed by atoms with van der Waals surface area (Å²) < 4.78 is 13.7. The standard InChI is InChI=1S/C16H22FN3O/c1-3-13-11-20(8-7-19(13)10-12(2)21)16-6-4-5-15(17)14(16)9-18/h4-6,12-13,21H,3,7-8,10-11H2,1-2H3/t12-,13+/m1/s1. The maximum Gasteiger partial charge on any atom is 0.143 e. The Morgan fingerprint density at radius 1 is 1.48 bits per heavy atom. The molecule has 1 fully saturated rings. The Labute approximate surface area is 125 Å². The van der Waals surface area contributed by atoms with Crippen LogP contribution in [0.5, 0.6) is 0 Å². The number of piperazine rings is 1. The quantitative estimate of drug-likeness (QED) is 0.921. The summed E-state index contributed by atoms with van der Waals surface area (Å²) in [5, 5.41) is 18.7. The van der Waals surface area contributed by atoms with E-state index in [1.165, 1.54) is 6.07 Å². The lowest BCUT2D eigenvalue weighted by Gasteiger charge is -2.43. The van der Waals surface area contributed by atoms with E-state index in [1.807, 2.05) is 6.07 Å². The summed E-state index contributed by atoms with van der Waals surface area (Å²) in [6, 6.07) is 7.05. The molecule has 1 N–H and O–H groups in total. The van der Waals surface area contributed by atoms with Crippen molar-refractivity contribution in [1.82, 2.24) is 4.90 Å². The largest absolute Gasteiger partial charge is 0.392 e. The van der Waals surface area contributed by atoms with Crippen molar-refractivity contribution < 1.29 is 9.50 Å². The first-order valence-electron chi connectivity index (χ1n) is 7.42. The van der Waals surface area contributed by atoms with Crippen LogP contribution in [-0.2, 0) is 0 Å². The first-order chi connectivity index (χ1) is 10.1. The molecule has 1 aromatic rings. The summed E-state index contributed by atoms with van der Waals surface area (Å²) in [5.41, 5.74) is 0.795. The number of rotatable bonds is 4. The number of benzene rings is 1. The van der Waals surface area contributed by atoms with Gasteiger partial charge in [-0.05, 0) is 25.5 Å². The predicted molar refractivity (Wildman–Crippen MR) is 80.7 cm³/mol. The minimum absolute atomic E-state index is 0.122. The van der Waals surface area contributed by atoms with Gasteiger partial charge in [-0.2, -0.15) is 5.26 Å². The molecule has 1 aromatic carbocycles. The molecular weight excluding hydrogens is 269 g/mol. The maximum atomic E-state index is 13.7. The van der Waals surface area contributed by atoms with Gasteiger partial charge in [0, 0.05) is 32.2 Å². The second kappa shape index (κ2) is 6.88. The number of hydrogen-bond acceptors (Lipinski definition) is 4. The Bertz CT molecular complexity index is 527. The number of aliphatic hydroxyl groups excluding tert-OH is 1. The fourth-order valence-electron chi connectivity index (χ4n) is 2.97. The monoisotopic (exact) mass is 291 g/mol. The molecule has 0 saturated carbocycles. The summed E-state index contributed by atoms with van der Waals surface area (Å²) in [5.74, 6) is -0.463.